The van der Waals surface area contributed by atoms with E-state index >= 15 is 0 Å². The molecule has 0 fully saturated rings. The summed E-state index contributed by atoms with van der Waals surface area (Å²) in [4.78, 5) is 12.6. The van der Waals surface area contributed by atoms with Crippen LogP contribution in [0.25, 0.3) is 0 Å². The summed E-state index contributed by atoms with van der Waals surface area (Å²) in [7, 11) is -3.74. The normalized spacial score (nSPS) is 11.9. The third kappa shape index (κ3) is 7.33. The van der Waals surface area contributed by atoms with Gasteiger partial charge in [-0.05, 0) is 67.1 Å². The van der Waals surface area contributed by atoms with Crippen LogP contribution in [-0.4, -0.2) is 20.9 Å². The minimum Gasteiger partial charge on any atom is -0.484 e. The number of anilines is 1. The molecule has 37 heavy (non-hydrogen) atoms. The van der Waals surface area contributed by atoms with E-state index in [1.54, 1.807) is 37.3 Å². The molecule has 0 aliphatic carbocycles. The Hall–Kier alpha value is -3.85. The predicted octanol–water partition coefficient (Wildman–Crippen LogP) is 6.19. The molecule has 0 saturated heterocycles. The average Bonchev–Trinajstić information content (AvgIpc) is 2.90. The van der Waals surface area contributed by atoms with Gasteiger partial charge in [-0.25, -0.2) is 13.1 Å². The Morgan fingerprint density at radius 2 is 1.51 bits per heavy atom. The van der Waals surface area contributed by atoms with Gasteiger partial charge in [0.05, 0.1) is 10.6 Å². The molecule has 0 aliphatic heterocycles. The summed E-state index contributed by atoms with van der Waals surface area (Å²) in [6.45, 7) is 1.48. The van der Waals surface area contributed by atoms with Crippen molar-refractivity contribution in [2.75, 3.05) is 11.9 Å². The zero-order valence-corrected chi connectivity index (χ0v) is 21.5. The highest BCUT2D eigenvalue weighted by Gasteiger charge is 2.18. The molecule has 4 rings (SSSR count). The highest BCUT2D eigenvalue weighted by atomic mass is 35.5. The van der Waals surface area contributed by atoms with Crippen molar-refractivity contribution in [1.29, 1.82) is 0 Å². The molecule has 1 atom stereocenters. The fourth-order valence-corrected chi connectivity index (χ4v) is 4.87. The molecule has 0 aromatic heterocycles. The molecular formula is C28H25ClN2O5S. The predicted molar refractivity (Wildman–Crippen MR) is 144 cm³/mol. The number of benzene rings is 4. The molecule has 4 aromatic carbocycles. The Balaban J connectivity index is 1.35. The summed E-state index contributed by atoms with van der Waals surface area (Å²) in [5.74, 6) is 0.947. The van der Waals surface area contributed by atoms with Crippen LogP contribution >= 0.6 is 11.6 Å². The number of carbonyl (C=O) groups excluding carboxylic acids is 1. The molecule has 4 aromatic rings. The molecule has 0 unspecified atom stereocenters. The van der Waals surface area contributed by atoms with Crippen LogP contribution < -0.4 is 19.5 Å². The van der Waals surface area contributed by atoms with E-state index in [2.05, 4.69) is 10.0 Å². The maximum absolute atomic E-state index is 12.7. The second-order valence-corrected chi connectivity index (χ2v) is 10.3. The monoisotopic (exact) mass is 536 g/mol. The Bertz CT molecular complexity index is 1450. The van der Waals surface area contributed by atoms with Crippen LogP contribution in [0.15, 0.2) is 108 Å². The van der Waals surface area contributed by atoms with Gasteiger partial charge in [-0.2, -0.15) is 0 Å². The van der Waals surface area contributed by atoms with Gasteiger partial charge in [-0.1, -0.05) is 60.1 Å². The Labute approximate surface area is 221 Å². The number of hydrogen-bond acceptors (Lipinski definition) is 5. The maximum atomic E-state index is 12.7. The van der Waals surface area contributed by atoms with E-state index in [9.17, 15) is 13.2 Å². The SMILES string of the molecule is C[C@@H](NS(=O)(=O)c1ccc(OCC(=O)Nc2cc(Cl)ccc2Oc2ccccc2)cc1)c1ccccc1. The standard InChI is InChI=1S/C28H25ClN2O5S/c1-20(21-8-4-2-5-9-21)31-37(33,34)25-15-13-23(14-16-25)35-19-28(32)30-26-18-22(29)12-17-27(26)36-24-10-6-3-7-11-24/h2-18,20,31H,19H2,1H3,(H,30,32)/t20-/m1/s1. The molecule has 0 saturated carbocycles. The van der Waals surface area contributed by atoms with Gasteiger partial charge in [0, 0.05) is 11.1 Å². The fraction of sp³-hybridized carbons (Fsp3) is 0.107. The van der Waals surface area contributed by atoms with Gasteiger partial charge in [0.2, 0.25) is 10.0 Å². The third-order valence-corrected chi connectivity index (χ3v) is 7.11. The van der Waals surface area contributed by atoms with Crippen LogP contribution in [-0.2, 0) is 14.8 Å². The van der Waals surface area contributed by atoms with Crippen LogP contribution in [0, 0.1) is 0 Å². The van der Waals surface area contributed by atoms with Crippen molar-refractivity contribution >= 4 is 33.2 Å². The van der Waals surface area contributed by atoms with Gasteiger partial charge in [0.25, 0.3) is 5.91 Å². The molecule has 2 N–H and O–H groups in total. The third-order valence-electron chi connectivity index (χ3n) is 5.32. The zero-order valence-electron chi connectivity index (χ0n) is 19.9. The lowest BCUT2D eigenvalue weighted by Gasteiger charge is -2.15. The summed E-state index contributed by atoms with van der Waals surface area (Å²) in [5, 5.41) is 3.17. The summed E-state index contributed by atoms with van der Waals surface area (Å²) in [6.07, 6.45) is 0. The van der Waals surface area contributed by atoms with Crippen LogP contribution in [0.4, 0.5) is 5.69 Å². The van der Waals surface area contributed by atoms with Crippen LogP contribution in [0.3, 0.4) is 0 Å². The summed E-state index contributed by atoms with van der Waals surface area (Å²) in [6, 6.07) is 28.8. The van der Waals surface area contributed by atoms with Crippen molar-refractivity contribution in [2.45, 2.75) is 17.9 Å². The number of para-hydroxylation sites is 1. The number of nitrogens with one attached hydrogen (secondary N) is 2. The van der Waals surface area contributed by atoms with Crippen molar-refractivity contribution in [3.63, 3.8) is 0 Å². The highest BCUT2D eigenvalue weighted by molar-refractivity contribution is 7.89. The Morgan fingerprint density at radius 1 is 0.865 bits per heavy atom. The smallest absolute Gasteiger partial charge is 0.262 e. The molecular weight excluding hydrogens is 512 g/mol. The quantitative estimate of drug-likeness (QED) is 0.252. The van der Waals surface area contributed by atoms with Crippen molar-refractivity contribution in [1.82, 2.24) is 4.72 Å². The highest BCUT2D eigenvalue weighted by Crippen LogP contribution is 2.32. The molecule has 0 radical (unpaired) electrons. The number of halogens is 1. The van der Waals surface area contributed by atoms with Crippen LogP contribution in [0.5, 0.6) is 17.2 Å². The summed E-state index contributed by atoms with van der Waals surface area (Å²) in [5.41, 5.74) is 1.25. The van der Waals surface area contributed by atoms with E-state index in [4.69, 9.17) is 21.1 Å². The molecule has 190 valence electrons. The van der Waals surface area contributed by atoms with Crippen molar-refractivity contribution in [2.24, 2.45) is 0 Å². The van der Waals surface area contributed by atoms with E-state index < -0.39 is 22.0 Å². The van der Waals surface area contributed by atoms with Gasteiger partial charge >= 0.3 is 0 Å². The first-order chi connectivity index (χ1) is 17.8. The largest absolute Gasteiger partial charge is 0.484 e. The topological polar surface area (TPSA) is 93.7 Å². The van der Waals surface area contributed by atoms with Gasteiger partial charge in [0.1, 0.15) is 11.5 Å². The minimum atomic E-state index is -3.74. The van der Waals surface area contributed by atoms with E-state index in [1.807, 2.05) is 48.5 Å². The van der Waals surface area contributed by atoms with E-state index in [0.717, 1.165) is 5.56 Å². The van der Waals surface area contributed by atoms with Crippen LogP contribution in [0.1, 0.15) is 18.5 Å². The Kier molecular flexibility index (Phi) is 8.45. The lowest BCUT2D eigenvalue weighted by molar-refractivity contribution is -0.118. The number of carbonyl (C=O) groups is 1. The van der Waals surface area contributed by atoms with Crippen molar-refractivity contribution in [3.05, 3.63) is 114 Å². The van der Waals surface area contributed by atoms with E-state index in [0.29, 0.717) is 28.0 Å². The van der Waals surface area contributed by atoms with Gasteiger partial charge < -0.3 is 14.8 Å². The van der Waals surface area contributed by atoms with Gasteiger partial charge in [0.15, 0.2) is 12.4 Å². The first-order valence-electron chi connectivity index (χ1n) is 11.4. The number of rotatable bonds is 10. The first-order valence-corrected chi connectivity index (χ1v) is 13.3. The Morgan fingerprint density at radius 3 is 2.19 bits per heavy atom. The number of amides is 1. The molecule has 0 heterocycles. The molecule has 7 nitrogen and oxygen atoms in total. The minimum absolute atomic E-state index is 0.0914. The molecule has 0 spiro atoms. The molecule has 0 bridgehead atoms. The van der Waals surface area contributed by atoms with Crippen LogP contribution in [0.2, 0.25) is 5.02 Å². The van der Waals surface area contributed by atoms with E-state index in [1.165, 1.54) is 24.3 Å². The lowest BCUT2D eigenvalue weighted by atomic mass is 10.1. The van der Waals surface area contributed by atoms with E-state index in [-0.39, 0.29) is 11.5 Å². The second kappa shape index (κ2) is 11.9. The lowest BCUT2D eigenvalue weighted by Crippen LogP contribution is -2.26. The van der Waals surface area contributed by atoms with Gasteiger partial charge in [-0.15, -0.1) is 0 Å². The number of ether oxygens (including phenoxy) is 2. The summed E-state index contributed by atoms with van der Waals surface area (Å²) >= 11 is 6.10. The summed E-state index contributed by atoms with van der Waals surface area (Å²) < 4.78 is 39.6. The number of sulfonamides is 1. The number of hydrogen-bond donors (Lipinski definition) is 2. The van der Waals surface area contributed by atoms with Gasteiger partial charge in [-0.3, -0.25) is 4.79 Å². The van der Waals surface area contributed by atoms with Crippen molar-refractivity contribution in [3.8, 4) is 17.2 Å². The molecule has 1 amide bonds. The molecule has 0 aliphatic rings. The second-order valence-electron chi connectivity index (χ2n) is 8.12. The van der Waals surface area contributed by atoms with Crippen molar-refractivity contribution < 1.29 is 22.7 Å². The molecule has 9 heteroatoms. The fourth-order valence-electron chi connectivity index (χ4n) is 3.47. The zero-order chi connectivity index (χ0) is 26.3. The first kappa shape index (κ1) is 26.2. The average molecular weight is 537 g/mol. The maximum Gasteiger partial charge on any atom is 0.262 e.